The largest absolute Gasteiger partial charge is 0.491 e. The number of hydrogen-bond donors (Lipinski definition) is 3. The number of carboxylic acids is 1. The SMILES string of the molecule is CCCCCC(C)(C)C(O)CCc1ccc(C(CC)(CC)c2ccc(OC[C@@H](O)CCC(=O)O)c(C)c2)cc1C. The van der Waals surface area contributed by atoms with E-state index in [0.717, 1.165) is 37.7 Å². The van der Waals surface area contributed by atoms with Gasteiger partial charge in [-0.05, 0) is 91.7 Å². The third-order valence-electron chi connectivity index (χ3n) is 8.97. The van der Waals surface area contributed by atoms with Crippen LogP contribution in [0.4, 0.5) is 0 Å². The van der Waals surface area contributed by atoms with Crippen molar-refractivity contribution < 1.29 is 24.9 Å². The molecule has 5 heteroatoms. The zero-order valence-electron chi connectivity index (χ0n) is 26.1. The number of benzene rings is 2. The lowest BCUT2D eigenvalue weighted by Gasteiger charge is -2.34. The second-order valence-electron chi connectivity index (χ2n) is 12.3. The average Bonchev–Trinajstić information content (AvgIpc) is 2.91. The second-order valence-corrected chi connectivity index (χ2v) is 12.3. The Bertz CT molecular complexity index is 1070. The molecule has 40 heavy (non-hydrogen) atoms. The van der Waals surface area contributed by atoms with E-state index in [0.29, 0.717) is 5.75 Å². The van der Waals surface area contributed by atoms with Crippen molar-refractivity contribution in [3.63, 3.8) is 0 Å². The number of aliphatic carboxylic acids is 1. The van der Waals surface area contributed by atoms with Crippen molar-refractivity contribution in [1.29, 1.82) is 0 Å². The highest BCUT2D eigenvalue weighted by Gasteiger charge is 2.32. The molecule has 0 saturated heterocycles. The Labute approximate surface area is 243 Å². The normalized spacial score (nSPS) is 13.7. The van der Waals surface area contributed by atoms with Crippen LogP contribution in [-0.2, 0) is 16.6 Å². The number of hydrogen-bond acceptors (Lipinski definition) is 4. The molecule has 2 aromatic carbocycles. The van der Waals surface area contributed by atoms with Gasteiger partial charge in [0.2, 0.25) is 0 Å². The number of aliphatic hydroxyl groups excluding tert-OH is 2. The molecule has 0 heterocycles. The van der Waals surface area contributed by atoms with Crippen LogP contribution < -0.4 is 4.74 Å². The minimum Gasteiger partial charge on any atom is -0.491 e. The Hall–Kier alpha value is -2.37. The van der Waals surface area contributed by atoms with Gasteiger partial charge in [-0.2, -0.15) is 0 Å². The highest BCUT2D eigenvalue weighted by Crippen LogP contribution is 2.41. The van der Waals surface area contributed by atoms with Crippen molar-refractivity contribution >= 4 is 5.97 Å². The molecule has 0 aliphatic carbocycles. The van der Waals surface area contributed by atoms with Crippen LogP contribution in [0.1, 0.15) is 120 Å². The number of carbonyl (C=O) groups is 1. The highest BCUT2D eigenvalue weighted by molar-refractivity contribution is 5.66. The Balaban J connectivity index is 2.17. The molecule has 0 aliphatic rings. The van der Waals surface area contributed by atoms with Gasteiger partial charge in [0.1, 0.15) is 12.4 Å². The van der Waals surface area contributed by atoms with E-state index in [9.17, 15) is 15.0 Å². The molecule has 0 radical (unpaired) electrons. The molecular weight excluding hydrogens is 500 g/mol. The molecule has 5 nitrogen and oxygen atoms in total. The molecule has 3 N–H and O–H groups in total. The van der Waals surface area contributed by atoms with Crippen molar-refractivity contribution in [1.82, 2.24) is 0 Å². The molecule has 2 rings (SSSR count). The van der Waals surface area contributed by atoms with Gasteiger partial charge in [0, 0.05) is 11.8 Å². The Morgan fingerprint density at radius 3 is 2.08 bits per heavy atom. The van der Waals surface area contributed by atoms with Gasteiger partial charge in [-0.25, -0.2) is 0 Å². The predicted molar refractivity (Wildman–Crippen MR) is 164 cm³/mol. The first-order chi connectivity index (χ1) is 18.9. The van der Waals surface area contributed by atoms with E-state index in [1.807, 2.05) is 13.0 Å². The zero-order valence-corrected chi connectivity index (χ0v) is 26.1. The first kappa shape index (κ1) is 33.8. The van der Waals surface area contributed by atoms with Crippen LogP contribution >= 0.6 is 0 Å². The van der Waals surface area contributed by atoms with Gasteiger partial charge < -0.3 is 20.1 Å². The van der Waals surface area contributed by atoms with E-state index < -0.39 is 12.1 Å². The summed E-state index contributed by atoms with van der Waals surface area (Å²) in [6.45, 7) is 15.4. The predicted octanol–water partition coefficient (Wildman–Crippen LogP) is 7.91. The van der Waals surface area contributed by atoms with Gasteiger partial charge in [-0.3, -0.25) is 4.79 Å². The van der Waals surface area contributed by atoms with Gasteiger partial charge in [0.15, 0.2) is 0 Å². The first-order valence-electron chi connectivity index (χ1n) is 15.3. The van der Waals surface area contributed by atoms with E-state index in [1.165, 1.54) is 41.5 Å². The minimum atomic E-state index is -0.919. The van der Waals surface area contributed by atoms with Gasteiger partial charge in [-0.1, -0.05) is 84.2 Å². The van der Waals surface area contributed by atoms with Gasteiger partial charge in [-0.15, -0.1) is 0 Å². The fraction of sp³-hybridized carbons (Fsp3) is 0.629. The number of ether oxygens (including phenoxy) is 1. The summed E-state index contributed by atoms with van der Waals surface area (Å²) in [5.74, 6) is -0.209. The molecule has 224 valence electrons. The van der Waals surface area contributed by atoms with E-state index in [-0.39, 0.29) is 36.4 Å². The summed E-state index contributed by atoms with van der Waals surface area (Å²) in [6, 6.07) is 13.1. The fourth-order valence-electron chi connectivity index (χ4n) is 5.86. The highest BCUT2D eigenvalue weighted by atomic mass is 16.5. The monoisotopic (exact) mass is 554 g/mol. The molecule has 0 bridgehead atoms. The third kappa shape index (κ3) is 9.07. The molecular formula is C35H54O5. The maximum atomic E-state index is 11.0. The molecule has 2 atom stereocenters. The summed E-state index contributed by atoms with van der Waals surface area (Å²) in [4.78, 5) is 10.8. The quantitative estimate of drug-likeness (QED) is 0.163. The van der Waals surface area contributed by atoms with Crippen LogP contribution in [0.3, 0.4) is 0 Å². The number of aryl methyl sites for hydroxylation is 3. The Kier molecular flexibility index (Phi) is 13.2. The van der Waals surface area contributed by atoms with Crippen LogP contribution in [0, 0.1) is 19.3 Å². The fourth-order valence-corrected chi connectivity index (χ4v) is 5.86. The number of unbranched alkanes of at least 4 members (excludes halogenated alkanes) is 2. The molecule has 0 aliphatic heterocycles. The van der Waals surface area contributed by atoms with Crippen LogP contribution in [0.15, 0.2) is 36.4 Å². The Morgan fingerprint density at radius 1 is 0.900 bits per heavy atom. The maximum Gasteiger partial charge on any atom is 0.303 e. The minimum absolute atomic E-state index is 0.0626. The van der Waals surface area contributed by atoms with Gasteiger partial charge >= 0.3 is 5.97 Å². The maximum absolute atomic E-state index is 11.0. The van der Waals surface area contributed by atoms with E-state index in [4.69, 9.17) is 9.84 Å². The van der Waals surface area contributed by atoms with Gasteiger partial charge in [0.05, 0.1) is 12.2 Å². The van der Waals surface area contributed by atoms with Gasteiger partial charge in [0.25, 0.3) is 0 Å². The molecule has 0 amide bonds. The summed E-state index contributed by atoms with van der Waals surface area (Å²) in [5, 5.41) is 29.8. The zero-order chi connectivity index (χ0) is 29.9. The van der Waals surface area contributed by atoms with Crippen molar-refractivity contribution in [2.45, 2.75) is 130 Å². The van der Waals surface area contributed by atoms with E-state index >= 15 is 0 Å². The topological polar surface area (TPSA) is 87.0 Å². The lowest BCUT2D eigenvalue weighted by molar-refractivity contribution is -0.137. The lowest BCUT2D eigenvalue weighted by atomic mass is 9.69. The third-order valence-corrected chi connectivity index (χ3v) is 8.97. The molecule has 1 unspecified atom stereocenters. The first-order valence-corrected chi connectivity index (χ1v) is 15.3. The molecule has 0 spiro atoms. The van der Waals surface area contributed by atoms with Crippen LogP contribution in [0.25, 0.3) is 0 Å². The molecule has 0 saturated carbocycles. The smallest absolute Gasteiger partial charge is 0.303 e. The van der Waals surface area contributed by atoms with Crippen molar-refractivity contribution in [2.75, 3.05) is 6.61 Å². The summed E-state index contributed by atoms with van der Waals surface area (Å²) in [5.41, 5.74) is 5.92. The van der Waals surface area contributed by atoms with Crippen LogP contribution in [0.2, 0.25) is 0 Å². The van der Waals surface area contributed by atoms with E-state index in [2.05, 4.69) is 71.9 Å². The summed E-state index contributed by atoms with van der Waals surface area (Å²) in [6.07, 6.45) is 7.20. The van der Waals surface area contributed by atoms with Crippen LogP contribution in [-0.4, -0.2) is 40.1 Å². The summed E-state index contributed by atoms with van der Waals surface area (Å²) in [7, 11) is 0. The number of rotatable bonds is 18. The summed E-state index contributed by atoms with van der Waals surface area (Å²) >= 11 is 0. The molecule has 2 aromatic rings. The van der Waals surface area contributed by atoms with Crippen LogP contribution in [0.5, 0.6) is 5.75 Å². The second kappa shape index (κ2) is 15.6. The van der Waals surface area contributed by atoms with Crippen molar-refractivity contribution in [3.05, 3.63) is 64.2 Å². The number of aliphatic hydroxyl groups is 2. The van der Waals surface area contributed by atoms with Crippen molar-refractivity contribution in [2.24, 2.45) is 5.41 Å². The Morgan fingerprint density at radius 2 is 1.52 bits per heavy atom. The number of carboxylic acid groups (broad SMARTS) is 1. The average molecular weight is 555 g/mol. The summed E-state index contributed by atoms with van der Waals surface area (Å²) < 4.78 is 5.84. The molecule has 0 aromatic heterocycles. The standard InChI is InChI=1S/C35H54O5/c1-8-11-12-21-34(6,7)32(37)19-14-27-13-15-28(22-25(27)4)35(9-2,10-3)29-16-18-31(26(5)23-29)40-24-30(36)17-20-33(38)39/h13,15-16,18,22-23,30,32,36-37H,8-12,14,17,19-21,24H2,1-7H3,(H,38,39)/t30-,32?/m0/s1. The van der Waals surface area contributed by atoms with Crippen molar-refractivity contribution in [3.8, 4) is 5.75 Å². The van der Waals surface area contributed by atoms with E-state index in [1.54, 1.807) is 0 Å². The molecule has 0 fully saturated rings. The lowest BCUT2D eigenvalue weighted by Crippen LogP contribution is -2.30.